The Bertz CT molecular complexity index is 191. The first-order valence-electron chi connectivity index (χ1n) is 5.82. The zero-order valence-electron chi connectivity index (χ0n) is 9.71. The van der Waals surface area contributed by atoms with Crippen LogP contribution in [-0.4, -0.2) is 30.9 Å². The van der Waals surface area contributed by atoms with Gasteiger partial charge in [-0.25, -0.2) is 0 Å². The topological polar surface area (TPSA) is 33.3 Å². The van der Waals surface area contributed by atoms with Crippen LogP contribution in [0.3, 0.4) is 0 Å². The van der Waals surface area contributed by atoms with E-state index in [4.69, 9.17) is 17.0 Å². The molecule has 0 saturated carbocycles. The lowest BCUT2D eigenvalue weighted by Crippen LogP contribution is -2.38. The molecule has 1 saturated heterocycles. The Hall–Kier alpha value is -0.350. The minimum absolute atomic E-state index is 0.449. The van der Waals surface area contributed by atoms with Crippen molar-refractivity contribution in [3.05, 3.63) is 0 Å². The Balaban J connectivity index is 1.96. The summed E-state index contributed by atoms with van der Waals surface area (Å²) in [5.41, 5.74) is 0. The first-order chi connectivity index (χ1) is 7.18. The summed E-state index contributed by atoms with van der Waals surface area (Å²) in [6.07, 6.45) is 3.92. The van der Waals surface area contributed by atoms with Gasteiger partial charge in [-0.1, -0.05) is 13.8 Å². The van der Waals surface area contributed by atoms with Crippen molar-refractivity contribution in [3.63, 3.8) is 0 Å². The molecule has 0 aromatic heterocycles. The van der Waals surface area contributed by atoms with Crippen LogP contribution in [0.1, 0.15) is 33.1 Å². The average Bonchev–Trinajstić information content (AvgIpc) is 2.67. The molecule has 2 N–H and O–H groups in total. The van der Waals surface area contributed by atoms with Crippen LogP contribution in [0.5, 0.6) is 0 Å². The molecule has 4 heteroatoms. The first kappa shape index (κ1) is 12.7. The highest BCUT2D eigenvalue weighted by molar-refractivity contribution is 7.80. The maximum Gasteiger partial charge on any atom is 0.166 e. The minimum atomic E-state index is 0.449. The SMILES string of the molecule is CC(C)CNC(=S)NCCC1CCCO1. The Morgan fingerprint density at radius 2 is 2.27 bits per heavy atom. The van der Waals surface area contributed by atoms with Crippen molar-refractivity contribution in [1.82, 2.24) is 10.6 Å². The molecule has 1 rings (SSSR count). The number of ether oxygens (including phenoxy) is 1. The van der Waals surface area contributed by atoms with Gasteiger partial charge < -0.3 is 15.4 Å². The van der Waals surface area contributed by atoms with E-state index in [2.05, 4.69) is 24.5 Å². The van der Waals surface area contributed by atoms with Gasteiger partial charge in [0, 0.05) is 19.7 Å². The number of rotatable bonds is 5. The molecule has 0 aromatic carbocycles. The maximum atomic E-state index is 5.53. The lowest BCUT2D eigenvalue weighted by atomic mass is 10.2. The highest BCUT2D eigenvalue weighted by Gasteiger charge is 2.14. The minimum Gasteiger partial charge on any atom is -0.378 e. The molecule has 1 heterocycles. The standard InChI is InChI=1S/C11H22N2OS/c1-9(2)8-13-11(15)12-6-5-10-4-3-7-14-10/h9-10H,3-8H2,1-2H3,(H2,12,13,15). The second-order valence-corrected chi connectivity index (χ2v) is 4.86. The number of thiocarbonyl (C=S) groups is 1. The van der Waals surface area contributed by atoms with E-state index < -0.39 is 0 Å². The summed E-state index contributed by atoms with van der Waals surface area (Å²) in [7, 11) is 0. The van der Waals surface area contributed by atoms with Crippen molar-refractivity contribution < 1.29 is 4.74 Å². The number of nitrogens with one attached hydrogen (secondary N) is 2. The zero-order chi connectivity index (χ0) is 11.1. The van der Waals surface area contributed by atoms with Crippen molar-refractivity contribution in [2.24, 2.45) is 5.92 Å². The molecule has 0 radical (unpaired) electrons. The van der Waals surface area contributed by atoms with Gasteiger partial charge in [0.2, 0.25) is 0 Å². The Morgan fingerprint density at radius 1 is 1.47 bits per heavy atom. The highest BCUT2D eigenvalue weighted by atomic mass is 32.1. The van der Waals surface area contributed by atoms with Gasteiger partial charge in [0.15, 0.2) is 5.11 Å². The quantitative estimate of drug-likeness (QED) is 0.704. The van der Waals surface area contributed by atoms with Gasteiger partial charge in [-0.05, 0) is 37.4 Å². The van der Waals surface area contributed by atoms with Crippen molar-refractivity contribution >= 4 is 17.3 Å². The average molecular weight is 230 g/mol. The smallest absolute Gasteiger partial charge is 0.166 e. The van der Waals surface area contributed by atoms with Gasteiger partial charge in [0.25, 0.3) is 0 Å². The van der Waals surface area contributed by atoms with Crippen LogP contribution in [0.15, 0.2) is 0 Å². The molecule has 1 aliphatic rings. The van der Waals surface area contributed by atoms with Gasteiger partial charge in [0.1, 0.15) is 0 Å². The van der Waals surface area contributed by atoms with Crippen LogP contribution >= 0.6 is 12.2 Å². The molecule has 0 aliphatic carbocycles. The molecule has 1 aliphatic heterocycles. The lowest BCUT2D eigenvalue weighted by Gasteiger charge is -2.13. The van der Waals surface area contributed by atoms with Crippen LogP contribution in [0.2, 0.25) is 0 Å². The van der Waals surface area contributed by atoms with Crippen LogP contribution < -0.4 is 10.6 Å². The van der Waals surface area contributed by atoms with Crippen molar-refractivity contribution in [3.8, 4) is 0 Å². The molecule has 1 atom stereocenters. The monoisotopic (exact) mass is 230 g/mol. The fraction of sp³-hybridized carbons (Fsp3) is 0.909. The van der Waals surface area contributed by atoms with Gasteiger partial charge >= 0.3 is 0 Å². The summed E-state index contributed by atoms with van der Waals surface area (Å²) >= 11 is 5.15. The summed E-state index contributed by atoms with van der Waals surface area (Å²) in [4.78, 5) is 0. The molecule has 15 heavy (non-hydrogen) atoms. The Labute approximate surface area is 98.0 Å². The third-order valence-corrected chi connectivity index (χ3v) is 2.74. The normalized spacial score (nSPS) is 20.6. The summed E-state index contributed by atoms with van der Waals surface area (Å²) in [5.74, 6) is 0.628. The van der Waals surface area contributed by atoms with Crippen LogP contribution in [-0.2, 0) is 4.74 Å². The lowest BCUT2D eigenvalue weighted by molar-refractivity contribution is 0.105. The van der Waals surface area contributed by atoms with E-state index in [-0.39, 0.29) is 0 Å². The Morgan fingerprint density at radius 3 is 2.87 bits per heavy atom. The summed E-state index contributed by atoms with van der Waals surface area (Å²) in [5, 5.41) is 7.16. The van der Waals surface area contributed by atoms with Crippen LogP contribution in [0.4, 0.5) is 0 Å². The van der Waals surface area contributed by atoms with Crippen molar-refractivity contribution in [2.45, 2.75) is 39.2 Å². The van der Waals surface area contributed by atoms with Gasteiger partial charge in [-0.3, -0.25) is 0 Å². The molecule has 1 fully saturated rings. The molecule has 88 valence electrons. The summed E-state index contributed by atoms with van der Waals surface area (Å²) in [6.45, 7) is 7.12. The molecule has 0 amide bonds. The van der Waals surface area contributed by atoms with Gasteiger partial charge in [-0.2, -0.15) is 0 Å². The van der Waals surface area contributed by atoms with Gasteiger partial charge in [0.05, 0.1) is 6.10 Å². The van der Waals surface area contributed by atoms with E-state index in [0.717, 1.165) is 31.2 Å². The molecule has 0 spiro atoms. The summed E-state index contributed by atoms with van der Waals surface area (Å²) in [6, 6.07) is 0. The van der Waals surface area contributed by atoms with E-state index in [0.29, 0.717) is 12.0 Å². The van der Waals surface area contributed by atoms with Crippen LogP contribution in [0.25, 0.3) is 0 Å². The predicted octanol–water partition coefficient (Wildman–Crippen LogP) is 1.68. The predicted molar refractivity (Wildman–Crippen MR) is 67.0 cm³/mol. The fourth-order valence-electron chi connectivity index (χ4n) is 1.58. The van der Waals surface area contributed by atoms with E-state index in [1.807, 2.05) is 0 Å². The third kappa shape index (κ3) is 5.95. The molecule has 0 aromatic rings. The molecular formula is C11H22N2OS. The van der Waals surface area contributed by atoms with Crippen molar-refractivity contribution in [2.75, 3.05) is 19.7 Å². The van der Waals surface area contributed by atoms with E-state index in [9.17, 15) is 0 Å². The zero-order valence-corrected chi connectivity index (χ0v) is 10.5. The highest BCUT2D eigenvalue weighted by Crippen LogP contribution is 2.14. The fourth-order valence-corrected chi connectivity index (χ4v) is 1.76. The molecule has 1 unspecified atom stereocenters. The van der Waals surface area contributed by atoms with E-state index in [1.165, 1.54) is 12.8 Å². The number of hydrogen-bond acceptors (Lipinski definition) is 2. The number of hydrogen-bond donors (Lipinski definition) is 2. The van der Waals surface area contributed by atoms with Crippen LogP contribution in [0, 0.1) is 5.92 Å². The molecular weight excluding hydrogens is 208 g/mol. The van der Waals surface area contributed by atoms with E-state index >= 15 is 0 Å². The summed E-state index contributed by atoms with van der Waals surface area (Å²) < 4.78 is 5.53. The molecule has 3 nitrogen and oxygen atoms in total. The Kier molecular flexibility index (Phi) is 5.95. The van der Waals surface area contributed by atoms with Crippen molar-refractivity contribution in [1.29, 1.82) is 0 Å². The second kappa shape index (κ2) is 7.01. The van der Waals surface area contributed by atoms with E-state index in [1.54, 1.807) is 0 Å². The molecule has 0 bridgehead atoms. The van der Waals surface area contributed by atoms with Gasteiger partial charge in [-0.15, -0.1) is 0 Å². The third-order valence-electron chi connectivity index (χ3n) is 2.45. The second-order valence-electron chi connectivity index (χ2n) is 4.45. The maximum absolute atomic E-state index is 5.53. The first-order valence-corrected chi connectivity index (χ1v) is 6.22. The largest absolute Gasteiger partial charge is 0.378 e.